The molecular formula is C11H18BrN3O2. The smallest absolute Gasteiger partial charge is 0.232 e. The van der Waals surface area contributed by atoms with Crippen LogP contribution in [0.3, 0.4) is 0 Å². The summed E-state index contributed by atoms with van der Waals surface area (Å²) in [6, 6.07) is 0. The summed E-state index contributed by atoms with van der Waals surface area (Å²) >= 11 is 3.30. The van der Waals surface area contributed by atoms with Gasteiger partial charge in [0.15, 0.2) is 0 Å². The number of nitrogens with zero attached hydrogens (tertiary/aromatic N) is 2. The molecular weight excluding hydrogens is 286 g/mol. The van der Waals surface area contributed by atoms with E-state index < -0.39 is 0 Å². The van der Waals surface area contributed by atoms with Crippen molar-refractivity contribution in [2.75, 3.05) is 25.6 Å². The molecule has 1 aromatic rings. The minimum absolute atomic E-state index is 0.252. The minimum atomic E-state index is -0.252. The number of anilines is 1. The number of aromatic nitrogens is 2. The SMILES string of the molecule is CCOC(C)(C)CNc1ncc(Br)c(OC)n1. The molecule has 1 N–H and O–H groups in total. The molecule has 0 bridgehead atoms. The largest absolute Gasteiger partial charge is 0.480 e. The summed E-state index contributed by atoms with van der Waals surface area (Å²) < 4.78 is 11.4. The zero-order valence-corrected chi connectivity index (χ0v) is 12.2. The normalized spacial score (nSPS) is 11.4. The summed E-state index contributed by atoms with van der Waals surface area (Å²) in [5.74, 6) is 1.04. The van der Waals surface area contributed by atoms with Crippen LogP contribution >= 0.6 is 15.9 Å². The van der Waals surface area contributed by atoms with Crippen LogP contribution in [0.4, 0.5) is 5.95 Å². The Kier molecular flexibility index (Phi) is 5.14. The van der Waals surface area contributed by atoms with Crippen molar-refractivity contribution in [2.24, 2.45) is 0 Å². The van der Waals surface area contributed by atoms with Crippen LogP contribution < -0.4 is 10.1 Å². The second kappa shape index (κ2) is 6.16. The Morgan fingerprint density at radius 2 is 2.18 bits per heavy atom. The number of hydrogen-bond acceptors (Lipinski definition) is 5. The maximum atomic E-state index is 5.57. The quantitative estimate of drug-likeness (QED) is 0.875. The number of rotatable bonds is 6. The molecule has 0 aliphatic rings. The first kappa shape index (κ1) is 14.2. The van der Waals surface area contributed by atoms with Gasteiger partial charge in [0.25, 0.3) is 0 Å². The molecule has 0 saturated carbocycles. The minimum Gasteiger partial charge on any atom is -0.480 e. The highest BCUT2D eigenvalue weighted by molar-refractivity contribution is 9.10. The third-order valence-corrected chi connectivity index (χ3v) is 2.66. The lowest BCUT2D eigenvalue weighted by Crippen LogP contribution is -2.33. The molecule has 6 heteroatoms. The van der Waals surface area contributed by atoms with Gasteiger partial charge in [0.2, 0.25) is 11.8 Å². The van der Waals surface area contributed by atoms with Crippen LogP contribution in [0.5, 0.6) is 5.88 Å². The van der Waals surface area contributed by atoms with Gasteiger partial charge in [0, 0.05) is 13.2 Å². The highest BCUT2D eigenvalue weighted by Crippen LogP contribution is 2.22. The fraction of sp³-hybridized carbons (Fsp3) is 0.636. The average Bonchev–Trinajstić information content (AvgIpc) is 2.28. The molecule has 17 heavy (non-hydrogen) atoms. The predicted octanol–water partition coefficient (Wildman–Crippen LogP) is 2.47. The van der Waals surface area contributed by atoms with E-state index in [1.807, 2.05) is 20.8 Å². The van der Waals surface area contributed by atoms with E-state index in [0.29, 0.717) is 25.0 Å². The van der Waals surface area contributed by atoms with E-state index in [1.165, 1.54) is 0 Å². The van der Waals surface area contributed by atoms with Gasteiger partial charge in [-0.05, 0) is 36.7 Å². The Balaban J connectivity index is 2.63. The van der Waals surface area contributed by atoms with Crippen LogP contribution in [0.15, 0.2) is 10.7 Å². The fourth-order valence-electron chi connectivity index (χ4n) is 1.31. The molecule has 0 aliphatic heterocycles. The van der Waals surface area contributed by atoms with Gasteiger partial charge < -0.3 is 14.8 Å². The topological polar surface area (TPSA) is 56.3 Å². The van der Waals surface area contributed by atoms with Crippen molar-refractivity contribution in [3.63, 3.8) is 0 Å². The van der Waals surface area contributed by atoms with Crippen LogP contribution in [-0.2, 0) is 4.74 Å². The van der Waals surface area contributed by atoms with Gasteiger partial charge in [0.1, 0.15) is 0 Å². The summed E-state index contributed by atoms with van der Waals surface area (Å²) in [6.45, 7) is 7.31. The molecule has 96 valence electrons. The molecule has 0 aromatic carbocycles. The third-order valence-electron chi connectivity index (χ3n) is 2.11. The summed E-state index contributed by atoms with van der Waals surface area (Å²) in [5, 5.41) is 3.12. The molecule has 0 saturated heterocycles. The van der Waals surface area contributed by atoms with Crippen molar-refractivity contribution >= 4 is 21.9 Å². The molecule has 0 aliphatic carbocycles. The summed E-state index contributed by atoms with van der Waals surface area (Å²) in [7, 11) is 1.57. The van der Waals surface area contributed by atoms with Gasteiger partial charge in [-0.3, -0.25) is 0 Å². The van der Waals surface area contributed by atoms with E-state index in [-0.39, 0.29) is 5.60 Å². The maximum absolute atomic E-state index is 5.57. The first-order chi connectivity index (χ1) is 7.98. The molecule has 5 nitrogen and oxygen atoms in total. The first-order valence-corrected chi connectivity index (χ1v) is 6.22. The molecule has 1 aromatic heterocycles. The van der Waals surface area contributed by atoms with E-state index in [0.717, 1.165) is 4.47 Å². The van der Waals surface area contributed by atoms with Gasteiger partial charge in [-0.2, -0.15) is 4.98 Å². The predicted molar refractivity (Wildman–Crippen MR) is 70.5 cm³/mol. The van der Waals surface area contributed by atoms with E-state index in [9.17, 15) is 0 Å². The van der Waals surface area contributed by atoms with E-state index >= 15 is 0 Å². The van der Waals surface area contributed by atoms with Crippen molar-refractivity contribution in [1.29, 1.82) is 0 Å². The zero-order valence-electron chi connectivity index (χ0n) is 10.6. The lowest BCUT2D eigenvalue weighted by Gasteiger charge is -2.24. The summed E-state index contributed by atoms with van der Waals surface area (Å²) in [6.07, 6.45) is 1.65. The maximum Gasteiger partial charge on any atom is 0.232 e. The lowest BCUT2D eigenvalue weighted by atomic mass is 10.1. The van der Waals surface area contributed by atoms with Gasteiger partial charge in [-0.15, -0.1) is 0 Å². The Morgan fingerprint density at radius 3 is 2.76 bits per heavy atom. The lowest BCUT2D eigenvalue weighted by molar-refractivity contribution is 0.000573. The molecule has 0 atom stereocenters. The molecule has 0 radical (unpaired) electrons. The number of halogens is 1. The van der Waals surface area contributed by atoms with Gasteiger partial charge in [-0.25, -0.2) is 4.98 Å². The van der Waals surface area contributed by atoms with Crippen molar-refractivity contribution < 1.29 is 9.47 Å². The van der Waals surface area contributed by atoms with E-state index in [4.69, 9.17) is 9.47 Å². The van der Waals surface area contributed by atoms with Crippen LogP contribution in [-0.4, -0.2) is 35.8 Å². The Morgan fingerprint density at radius 1 is 1.47 bits per heavy atom. The van der Waals surface area contributed by atoms with Crippen molar-refractivity contribution in [2.45, 2.75) is 26.4 Å². The molecule has 0 spiro atoms. The van der Waals surface area contributed by atoms with Crippen LogP contribution in [0.25, 0.3) is 0 Å². The van der Waals surface area contributed by atoms with Gasteiger partial charge >= 0.3 is 0 Å². The van der Waals surface area contributed by atoms with Crippen molar-refractivity contribution in [1.82, 2.24) is 9.97 Å². The van der Waals surface area contributed by atoms with Crippen molar-refractivity contribution in [3.8, 4) is 5.88 Å². The Hall–Kier alpha value is -0.880. The molecule has 0 amide bonds. The Bertz CT molecular complexity index is 372. The highest BCUT2D eigenvalue weighted by Gasteiger charge is 2.17. The second-order valence-corrected chi connectivity index (χ2v) is 4.95. The molecule has 0 fully saturated rings. The van der Waals surface area contributed by atoms with Crippen LogP contribution in [0, 0.1) is 0 Å². The van der Waals surface area contributed by atoms with E-state index in [1.54, 1.807) is 13.3 Å². The second-order valence-electron chi connectivity index (χ2n) is 4.10. The fourth-order valence-corrected chi connectivity index (χ4v) is 1.67. The Labute approximate surface area is 110 Å². The zero-order chi connectivity index (χ0) is 12.9. The van der Waals surface area contributed by atoms with Gasteiger partial charge in [-0.1, -0.05) is 0 Å². The van der Waals surface area contributed by atoms with Gasteiger partial charge in [0.05, 0.1) is 23.4 Å². The van der Waals surface area contributed by atoms with Crippen molar-refractivity contribution in [3.05, 3.63) is 10.7 Å². The van der Waals surface area contributed by atoms with Crippen LogP contribution in [0.2, 0.25) is 0 Å². The van der Waals surface area contributed by atoms with Crippen LogP contribution in [0.1, 0.15) is 20.8 Å². The monoisotopic (exact) mass is 303 g/mol. The number of ether oxygens (including phenoxy) is 2. The number of nitrogens with one attached hydrogen (secondary N) is 1. The standard InChI is InChI=1S/C11H18BrN3O2/c1-5-17-11(2,3)7-14-10-13-6-8(12)9(15-10)16-4/h6H,5,7H2,1-4H3,(H,13,14,15). The molecule has 0 unspecified atom stereocenters. The summed E-state index contributed by atoms with van der Waals surface area (Å²) in [4.78, 5) is 8.35. The average molecular weight is 304 g/mol. The molecule has 1 rings (SSSR count). The van der Waals surface area contributed by atoms with E-state index in [2.05, 4.69) is 31.2 Å². The summed E-state index contributed by atoms with van der Waals surface area (Å²) in [5.41, 5.74) is -0.252. The molecule has 1 heterocycles. The third kappa shape index (κ3) is 4.47. The highest BCUT2D eigenvalue weighted by atomic mass is 79.9. The number of methoxy groups -OCH3 is 1. The number of hydrogen-bond donors (Lipinski definition) is 1. The first-order valence-electron chi connectivity index (χ1n) is 5.43.